The minimum Gasteiger partial charge on any atom is -0.467 e. The van der Waals surface area contributed by atoms with Gasteiger partial charge in [-0.05, 0) is 52.2 Å². The van der Waals surface area contributed by atoms with Gasteiger partial charge in [0, 0.05) is 6.54 Å². The first-order valence-electron chi connectivity index (χ1n) is 9.43. The number of hydrogen-bond donors (Lipinski definition) is 2. The van der Waals surface area contributed by atoms with Gasteiger partial charge in [-0.3, -0.25) is 4.79 Å². The zero-order valence-corrected chi connectivity index (χ0v) is 17.5. The Bertz CT molecular complexity index is 721. The van der Waals surface area contributed by atoms with Gasteiger partial charge >= 0.3 is 18.7 Å². The number of hydrogen-bond acceptors (Lipinski definition) is 6. The molecule has 0 fully saturated rings. The Morgan fingerprint density at radius 1 is 1.10 bits per heavy atom. The van der Waals surface area contributed by atoms with Gasteiger partial charge in [-0.15, -0.1) is 0 Å². The second-order valence-corrected chi connectivity index (χ2v) is 7.35. The second kappa shape index (κ2) is 11.9. The Morgan fingerprint density at radius 3 is 2.37 bits per heavy atom. The molecule has 0 radical (unpaired) electrons. The first-order chi connectivity index (χ1) is 14.0. The quantitative estimate of drug-likeness (QED) is 0.436. The molecule has 0 spiro atoms. The van der Waals surface area contributed by atoms with E-state index >= 15 is 0 Å². The van der Waals surface area contributed by atoms with Crippen LogP contribution in [0.1, 0.15) is 50.4 Å². The molecule has 1 aromatic rings. The number of ether oxygens (including phenoxy) is 3. The van der Waals surface area contributed by atoms with Crippen LogP contribution in [0.2, 0.25) is 0 Å². The van der Waals surface area contributed by atoms with Crippen LogP contribution in [0, 0.1) is 0 Å². The second-order valence-electron chi connectivity index (χ2n) is 7.35. The van der Waals surface area contributed by atoms with Crippen molar-refractivity contribution in [1.29, 1.82) is 0 Å². The highest BCUT2D eigenvalue weighted by Gasteiger charge is 2.24. The van der Waals surface area contributed by atoms with Crippen molar-refractivity contribution in [2.45, 2.75) is 58.3 Å². The molecular weight excluding hydrogens is 402 g/mol. The number of methoxy groups -OCH3 is 1. The summed E-state index contributed by atoms with van der Waals surface area (Å²) in [6, 6.07) is 4.50. The lowest BCUT2D eigenvalue weighted by molar-refractivity contribution is -0.143. The third kappa shape index (κ3) is 9.53. The summed E-state index contributed by atoms with van der Waals surface area (Å²) in [4.78, 5) is 36.1. The fourth-order valence-electron chi connectivity index (χ4n) is 2.46. The number of rotatable bonds is 10. The SMILES string of the molecule is COC(=O)[C@H](CCCCNC(=O)OC(C)(C)C)NC(=O)c1ccccc1OC(F)F. The number of halogens is 2. The minimum absolute atomic E-state index is 0.127. The zero-order valence-electron chi connectivity index (χ0n) is 17.5. The monoisotopic (exact) mass is 430 g/mol. The number of esters is 1. The van der Waals surface area contributed by atoms with E-state index in [1.54, 1.807) is 20.8 Å². The van der Waals surface area contributed by atoms with Crippen LogP contribution in [0.4, 0.5) is 13.6 Å². The molecule has 1 atom stereocenters. The summed E-state index contributed by atoms with van der Waals surface area (Å²) in [6.07, 6.45) is 0.682. The van der Waals surface area contributed by atoms with Gasteiger partial charge in [-0.1, -0.05) is 12.1 Å². The summed E-state index contributed by atoms with van der Waals surface area (Å²) in [6.45, 7) is 2.48. The van der Waals surface area contributed by atoms with E-state index in [1.807, 2.05) is 0 Å². The first kappa shape index (κ1) is 25.1. The molecular formula is C20H28F2N2O6. The van der Waals surface area contributed by atoms with Crippen molar-refractivity contribution in [2.75, 3.05) is 13.7 Å². The molecule has 0 heterocycles. The fourth-order valence-corrected chi connectivity index (χ4v) is 2.46. The fraction of sp³-hybridized carbons (Fsp3) is 0.550. The first-order valence-corrected chi connectivity index (χ1v) is 9.43. The normalized spacial score (nSPS) is 12.1. The van der Waals surface area contributed by atoms with Gasteiger partial charge in [0.2, 0.25) is 0 Å². The Labute approximate surface area is 174 Å². The van der Waals surface area contributed by atoms with Gasteiger partial charge in [0.15, 0.2) is 0 Å². The Kier molecular flexibility index (Phi) is 10.00. The van der Waals surface area contributed by atoms with Crippen LogP contribution in [-0.2, 0) is 14.3 Å². The van der Waals surface area contributed by atoms with E-state index in [1.165, 1.54) is 31.4 Å². The molecule has 30 heavy (non-hydrogen) atoms. The summed E-state index contributed by atoms with van der Waals surface area (Å²) in [5.41, 5.74) is -0.729. The molecule has 10 heteroatoms. The highest BCUT2D eigenvalue weighted by molar-refractivity contribution is 5.99. The lowest BCUT2D eigenvalue weighted by Gasteiger charge is -2.20. The van der Waals surface area contributed by atoms with Gasteiger partial charge in [0.1, 0.15) is 17.4 Å². The van der Waals surface area contributed by atoms with Gasteiger partial charge in [0.25, 0.3) is 5.91 Å². The Balaban J connectivity index is 2.60. The third-order valence-corrected chi connectivity index (χ3v) is 3.73. The van der Waals surface area contributed by atoms with Crippen molar-refractivity contribution in [3.63, 3.8) is 0 Å². The van der Waals surface area contributed by atoms with Crippen LogP contribution >= 0.6 is 0 Å². The number of alkyl halides is 2. The molecule has 0 saturated heterocycles. The molecule has 2 N–H and O–H groups in total. The maximum Gasteiger partial charge on any atom is 0.407 e. The van der Waals surface area contributed by atoms with E-state index in [0.29, 0.717) is 19.4 Å². The van der Waals surface area contributed by atoms with Crippen molar-refractivity contribution in [3.05, 3.63) is 29.8 Å². The van der Waals surface area contributed by atoms with Crippen LogP contribution in [0.25, 0.3) is 0 Å². The van der Waals surface area contributed by atoms with Gasteiger partial charge < -0.3 is 24.8 Å². The molecule has 1 aromatic carbocycles. The van der Waals surface area contributed by atoms with E-state index in [0.717, 1.165) is 0 Å². The predicted octanol–water partition coefficient (Wildman–Crippen LogP) is 3.25. The van der Waals surface area contributed by atoms with Gasteiger partial charge in [0.05, 0.1) is 12.7 Å². The molecule has 0 unspecified atom stereocenters. The van der Waals surface area contributed by atoms with E-state index in [9.17, 15) is 23.2 Å². The number of carbonyl (C=O) groups is 3. The van der Waals surface area contributed by atoms with Crippen molar-refractivity contribution < 1.29 is 37.4 Å². The Morgan fingerprint density at radius 2 is 1.77 bits per heavy atom. The molecule has 0 saturated carbocycles. The maximum absolute atomic E-state index is 12.5. The van der Waals surface area contributed by atoms with Crippen molar-refractivity contribution in [1.82, 2.24) is 10.6 Å². The van der Waals surface area contributed by atoms with Crippen molar-refractivity contribution in [2.24, 2.45) is 0 Å². The molecule has 1 rings (SSSR count). The van der Waals surface area contributed by atoms with Crippen molar-refractivity contribution >= 4 is 18.0 Å². The van der Waals surface area contributed by atoms with E-state index in [2.05, 4.69) is 15.4 Å². The molecule has 0 aromatic heterocycles. The van der Waals surface area contributed by atoms with Crippen molar-refractivity contribution in [3.8, 4) is 5.75 Å². The van der Waals surface area contributed by atoms with Crippen LogP contribution in [-0.4, -0.2) is 49.9 Å². The topological polar surface area (TPSA) is 103 Å². The number of carbonyl (C=O) groups excluding carboxylic acids is 3. The number of para-hydroxylation sites is 1. The van der Waals surface area contributed by atoms with Crippen LogP contribution in [0.15, 0.2) is 24.3 Å². The molecule has 0 aliphatic carbocycles. The van der Waals surface area contributed by atoms with E-state index in [-0.39, 0.29) is 17.7 Å². The largest absolute Gasteiger partial charge is 0.467 e. The zero-order chi connectivity index (χ0) is 22.7. The summed E-state index contributed by atoms with van der Waals surface area (Å²) >= 11 is 0. The predicted molar refractivity (Wildman–Crippen MR) is 104 cm³/mol. The Hall–Kier alpha value is -2.91. The third-order valence-electron chi connectivity index (χ3n) is 3.73. The number of benzene rings is 1. The number of nitrogens with one attached hydrogen (secondary N) is 2. The van der Waals surface area contributed by atoms with Crippen LogP contribution < -0.4 is 15.4 Å². The smallest absolute Gasteiger partial charge is 0.407 e. The van der Waals surface area contributed by atoms with Gasteiger partial charge in [-0.25, -0.2) is 9.59 Å². The number of amides is 2. The average Bonchev–Trinajstić information content (AvgIpc) is 2.64. The highest BCUT2D eigenvalue weighted by Crippen LogP contribution is 2.20. The molecule has 0 bridgehead atoms. The van der Waals surface area contributed by atoms with E-state index in [4.69, 9.17) is 9.47 Å². The molecule has 2 amide bonds. The number of alkyl carbamates (subject to hydrolysis) is 1. The highest BCUT2D eigenvalue weighted by atomic mass is 19.3. The average molecular weight is 430 g/mol. The molecule has 8 nitrogen and oxygen atoms in total. The molecule has 0 aliphatic rings. The van der Waals surface area contributed by atoms with Gasteiger partial charge in [-0.2, -0.15) is 8.78 Å². The molecule has 0 aliphatic heterocycles. The summed E-state index contributed by atoms with van der Waals surface area (Å²) < 4.78 is 39.2. The minimum atomic E-state index is -3.09. The lowest BCUT2D eigenvalue weighted by atomic mass is 10.1. The molecule has 168 valence electrons. The van der Waals surface area contributed by atoms with Crippen LogP contribution in [0.5, 0.6) is 5.75 Å². The van der Waals surface area contributed by atoms with Crippen LogP contribution in [0.3, 0.4) is 0 Å². The standard InChI is InChI=1S/C20H28F2N2O6/c1-20(2,3)30-19(27)23-12-8-7-10-14(17(26)28-4)24-16(25)13-9-5-6-11-15(13)29-18(21)22/h5-6,9,11,14,18H,7-8,10,12H2,1-4H3,(H,23,27)(H,24,25)/t14-/m0/s1. The summed E-state index contributed by atoms with van der Waals surface area (Å²) in [7, 11) is 1.18. The summed E-state index contributed by atoms with van der Waals surface area (Å²) in [5.74, 6) is -1.71. The lowest BCUT2D eigenvalue weighted by Crippen LogP contribution is -2.41. The maximum atomic E-state index is 12.5. The summed E-state index contributed by atoms with van der Waals surface area (Å²) in [5, 5.41) is 5.07. The van der Waals surface area contributed by atoms with E-state index < -0.39 is 36.2 Å². The number of unbranched alkanes of at least 4 members (excludes halogenated alkanes) is 1.